The van der Waals surface area contributed by atoms with Gasteiger partial charge in [-0.25, -0.2) is 4.79 Å². The molecule has 5 rings (SSSR count). The first-order chi connectivity index (χ1) is 14.4. The molecule has 8 nitrogen and oxygen atoms in total. The summed E-state index contributed by atoms with van der Waals surface area (Å²) in [4.78, 5) is 54.8. The van der Waals surface area contributed by atoms with E-state index in [1.165, 1.54) is 9.80 Å². The SMILES string of the molecule is C[C@H](NC(=O)COC(=O)[C@@]12CCC(=O)N1c1ccccc1C(=O)N2C1CC1)C1CC1. The highest BCUT2D eigenvalue weighted by Crippen LogP contribution is 2.49. The summed E-state index contributed by atoms with van der Waals surface area (Å²) < 4.78 is 5.43. The standard InChI is InChI=1S/C22H25N3O5/c1-13(14-6-7-14)23-18(26)12-30-21(29)22-11-10-19(27)25(22)17-5-3-2-4-16(17)20(28)24(22)15-8-9-15/h2-5,13-15H,6-12H2,1H3,(H,23,26)/t13-,22+/m0/s1. The molecule has 2 aliphatic carbocycles. The van der Waals surface area contributed by atoms with Crippen molar-refractivity contribution in [3.63, 3.8) is 0 Å². The summed E-state index contributed by atoms with van der Waals surface area (Å²) in [5.74, 6) is -1.07. The average molecular weight is 411 g/mol. The monoisotopic (exact) mass is 411 g/mol. The van der Waals surface area contributed by atoms with E-state index in [4.69, 9.17) is 4.74 Å². The fourth-order valence-corrected chi connectivity index (χ4v) is 4.77. The highest BCUT2D eigenvalue weighted by atomic mass is 16.5. The van der Waals surface area contributed by atoms with Gasteiger partial charge in [0, 0.05) is 24.9 Å². The number of anilines is 1. The van der Waals surface area contributed by atoms with Gasteiger partial charge in [0.1, 0.15) is 0 Å². The Bertz CT molecular complexity index is 938. The average Bonchev–Trinajstić information content (AvgIpc) is 3.64. The second-order valence-electron chi connectivity index (χ2n) is 8.74. The third-order valence-electron chi connectivity index (χ3n) is 6.59. The quantitative estimate of drug-likeness (QED) is 0.717. The molecular weight excluding hydrogens is 386 g/mol. The van der Waals surface area contributed by atoms with Crippen LogP contribution in [0.25, 0.3) is 0 Å². The molecule has 2 heterocycles. The van der Waals surface area contributed by atoms with Gasteiger partial charge in [-0.05, 0) is 50.7 Å². The third kappa shape index (κ3) is 2.88. The molecule has 0 aromatic heterocycles. The lowest BCUT2D eigenvalue weighted by Crippen LogP contribution is -2.69. The van der Waals surface area contributed by atoms with Gasteiger partial charge in [0.15, 0.2) is 6.61 Å². The minimum absolute atomic E-state index is 0.0463. The van der Waals surface area contributed by atoms with E-state index in [9.17, 15) is 19.2 Å². The van der Waals surface area contributed by atoms with Gasteiger partial charge in [-0.15, -0.1) is 0 Å². The van der Waals surface area contributed by atoms with Gasteiger partial charge in [0.25, 0.3) is 11.8 Å². The minimum Gasteiger partial charge on any atom is -0.452 e. The molecule has 2 atom stereocenters. The number of amides is 3. The maximum Gasteiger partial charge on any atom is 0.354 e. The number of esters is 1. The lowest BCUT2D eigenvalue weighted by Gasteiger charge is -2.48. The van der Waals surface area contributed by atoms with Crippen LogP contribution in [0.3, 0.4) is 0 Å². The van der Waals surface area contributed by atoms with Gasteiger partial charge in [-0.2, -0.15) is 0 Å². The van der Waals surface area contributed by atoms with Gasteiger partial charge in [-0.1, -0.05) is 12.1 Å². The molecule has 8 heteroatoms. The molecule has 4 aliphatic rings. The number of fused-ring (bicyclic) bond motifs is 3. The Morgan fingerprint density at radius 2 is 1.93 bits per heavy atom. The van der Waals surface area contributed by atoms with Crippen LogP contribution in [-0.4, -0.2) is 52.9 Å². The minimum atomic E-state index is -1.51. The summed E-state index contributed by atoms with van der Waals surface area (Å²) in [5, 5.41) is 2.86. The van der Waals surface area contributed by atoms with Crippen molar-refractivity contribution in [1.82, 2.24) is 10.2 Å². The molecule has 3 fully saturated rings. The van der Waals surface area contributed by atoms with Crippen molar-refractivity contribution in [3.05, 3.63) is 29.8 Å². The maximum atomic E-state index is 13.4. The molecule has 158 valence electrons. The predicted octanol–water partition coefficient (Wildman–Crippen LogP) is 1.59. The Kier molecular flexibility index (Phi) is 4.34. The van der Waals surface area contributed by atoms with Crippen molar-refractivity contribution in [2.75, 3.05) is 11.5 Å². The number of ether oxygens (including phenoxy) is 1. The van der Waals surface area contributed by atoms with Crippen molar-refractivity contribution in [1.29, 1.82) is 0 Å². The van der Waals surface area contributed by atoms with E-state index in [1.807, 2.05) is 6.92 Å². The summed E-state index contributed by atoms with van der Waals surface area (Å²) in [5.41, 5.74) is -0.656. The van der Waals surface area contributed by atoms with Crippen LogP contribution in [0.1, 0.15) is 55.8 Å². The van der Waals surface area contributed by atoms with Crippen molar-refractivity contribution in [2.24, 2.45) is 5.92 Å². The van der Waals surface area contributed by atoms with E-state index in [-0.39, 0.29) is 42.6 Å². The maximum absolute atomic E-state index is 13.4. The van der Waals surface area contributed by atoms with Crippen molar-refractivity contribution in [2.45, 2.75) is 63.2 Å². The van der Waals surface area contributed by atoms with Crippen LogP contribution >= 0.6 is 0 Å². The number of hydrogen-bond donors (Lipinski definition) is 1. The molecule has 0 bridgehead atoms. The van der Waals surface area contributed by atoms with E-state index >= 15 is 0 Å². The number of carbonyl (C=O) groups is 4. The van der Waals surface area contributed by atoms with E-state index < -0.39 is 18.2 Å². The lowest BCUT2D eigenvalue weighted by atomic mass is 9.96. The zero-order chi connectivity index (χ0) is 21.0. The Labute approximate surface area is 174 Å². The molecule has 1 aromatic carbocycles. The van der Waals surface area contributed by atoms with Gasteiger partial charge in [0.05, 0.1) is 11.3 Å². The van der Waals surface area contributed by atoms with Crippen LogP contribution in [-0.2, 0) is 19.1 Å². The van der Waals surface area contributed by atoms with Crippen LogP contribution in [0.15, 0.2) is 24.3 Å². The summed E-state index contributed by atoms with van der Waals surface area (Å²) in [7, 11) is 0. The second kappa shape index (κ2) is 6.82. The molecule has 0 radical (unpaired) electrons. The Balaban J connectivity index is 1.43. The molecule has 2 aliphatic heterocycles. The summed E-state index contributed by atoms with van der Waals surface area (Å²) in [6, 6.07) is 6.81. The van der Waals surface area contributed by atoms with Gasteiger partial charge >= 0.3 is 5.97 Å². The number of rotatable bonds is 6. The molecule has 0 unspecified atom stereocenters. The normalized spacial score (nSPS) is 26.2. The van der Waals surface area contributed by atoms with Gasteiger partial charge in [0.2, 0.25) is 11.6 Å². The predicted molar refractivity (Wildman–Crippen MR) is 106 cm³/mol. The molecule has 2 saturated carbocycles. The molecule has 30 heavy (non-hydrogen) atoms. The Hall–Kier alpha value is -2.90. The lowest BCUT2D eigenvalue weighted by molar-refractivity contribution is -0.160. The van der Waals surface area contributed by atoms with Crippen molar-refractivity contribution >= 4 is 29.4 Å². The number of hydrogen-bond acceptors (Lipinski definition) is 5. The van der Waals surface area contributed by atoms with Crippen LogP contribution in [0.5, 0.6) is 0 Å². The van der Waals surface area contributed by atoms with Gasteiger partial charge < -0.3 is 15.0 Å². The number of para-hydroxylation sites is 1. The fraction of sp³-hybridized carbons (Fsp3) is 0.545. The zero-order valence-electron chi connectivity index (χ0n) is 16.9. The van der Waals surface area contributed by atoms with Crippen molar-refractivity contribution < 1.29 is 23.9 Å². The number of nitrogens with zero attached hydrogens (tertiary/aromatic N) is 2. The van der Waals surface area contributed by atoms with E-state index in [1.54, 1.807) is 24.3 Å². The molecule has 1 N–H and O–H groups in total. The number of nitrogens with one attached hydrogen (secondary N) is 1. The smallest absolute Gasteiger partial charge is 0.354 e. The van der Waals surface area contributed by atoms with Crippen LogP contribution in [0.4, 0.5) is 5.69 Å². The van der Waals surface area contributed by atoms with Gasteiger partial charge in [-0.3, -0.25) is 19.3 Å². The van der Waals surface area contributed by atoms with E-state index in [0.717, 1.165) is 25.7 Å². The Morgan fingerprint density at radius 1 is 1.20 bits per heavy atom. The third-order valence-corrected chi connectivity index (χ3v) is 6.59. The highest BCUT2D eigenvalue weighted by Gasteiger charge is 2.64. The van der Waals surface area contributed by atoms with E-state index in [0.29, 0.717) is 17.2 Å². The van der Waals surface area contributed by atoms with Crippen LogP contribution < -0.4 is 10.2 Å². The number of benzene rings is 1. The molecule has 1 aromatic rings. The first-order valence-corrected chi connectivity index (χ1v) is 10.7. The Morgan fingerprint density at radius 3 is 2.63 bits per heavy atom. The first kappa shape index (κ1) is 19.1. The summed E-state index contributed by atoms with van der Waals surface area (Å²) in [6.07, 6.45) is 4.07. The second-order valence-corrected chi connectivity index (χ2v) is 8.74. The first-order valence-electron chi connectivity index (χ1n) is 10.7. The van der Waals surface area contributed by atoms with E-state index in [2.05, 4.69) is 5.32 Å². The zero-order valence-corrected chi connectivity index (χ0v) is 16.9. The fourth-order valence-electron chi connectivity index (χ4n) is 4.77. The molecule has 3 amide bonds. The molecule has 1 saturated heterocycles. The van der Waals surface area contributed by atoms with Crippen LogP contribution in [0, 0.1) is 5.92 Å². The molecule has 0 spiro atoms. The number of carbonyl (C=O) groups excluding carboxylic acids is 4. The van der Waals surface area contributed by atoms with Crippen molar-refractivity contribution in [3.8, 4) is 0 Å². The summed E-state index contributed by atoms with van der Waals surface area (Å²) in [6.45, 7) is 1.52. The van der Waals surface area contributed by atoms with Crippen LogP contribution in [0.2, 0.25) is 0 Å². The largest absolute Gasteiger partial charge is 0.452 e. The highest BCUT2D eigenvalue weighted by molar-refractivity contribution is 6.15. The topological polar surface area (TPSA) is 96.0 Å². The summed E-state index contributed by atoms with van der Waals surface area (Å²) >= 11 is 0. The molecular formula is C22H25N3O5.